The molecule has 22 heavy (non-hydrogen) atoms. The average Bonchev–Trinajstić information content (AvgIpc) is 2.52. The van der Waals surface area contributed by atoms with Crippen molar-refractivity contribution in [3.63, 3.8) is 0 Å². The van der Waals surface area contributed by atoms with Gasteiger partial charge >= 0.3 is 0 Å². The van der Waals surface area contributed by atoms with E-state index in [4.69, 9.17) is 23.2 Å². The molecule has 0 saturated heterocycles. The molecule has 0 aliphatic carbocycles. The summed E-state index contributed by atoms with van der Waals surface area (Å²) in [4.78, 5) is 17.7. The molecule has 0 aliphatic heterocycles. The smallest absolute Gasteiger partial charge is 0.246 e. The lowest BCUT2D eigenvalue weighted by Gasteiger charge is -2.14. The molecule has 0 N–H and O–H groups in total. The highest BCUT2D eigenvalue weighted by Crippen LogP contribution is 2.22. The molecule has 0 fully saturated rings. The second-order valence-electron chi connectivity index (χ2n) is 4.86. The van der Waals surface area contributed by atoms with E-state index in [1.54, 1.807) is 48.6 Å². The van der Waals surface area contributed by atoms with E-state index < -0.39 is 0 Å². The first-order chi connectivity index (χ1) is 10.6. The first kappa shape index (κ1) is 16.5. The van der Waals surface area contributed by atoms with Crippen LogP contribution in [0.2, 0.25) is 10.0 Å². The van der Waals surface area contributed by atoms with Crippen LogP contribution in [0.25, 0.3) is 6.08 Å². The molecule has 0 bridgehead atoms. The Hall–Kier alpha value is -1.84. The van der Waals surface area contributed by atoms with Crippen molar-refractivity contribution in [2.75, 3.05) is 13.6 Å². The molecule has 2 aromatic rings. The molecule has 0 radical (unpaired) electrons. The van der Waals surface area contributed by atoms with E-state index in [-0.39, 0.29) is 5.91 Å². The second-order valence-corrected chi connectivity index (χ2v) is 5.71. The predicted octanol–water partition coefficient (Wildman–Crippen LogP) is 4.10. The Balaban J connectivity index is 1.92. The molecule has 1 aromatic carbocycles. The third-order valence-electron chi connectivity index (χ3n) is 3.23. The number of carbonyl (C=O) groups is 1. The van der Waals surface area contributed by atoms with Crippen molar-refractivity contribution in [2.24, 2.45) is 0 Å². The van der Waals surface area contributed by atoms with Gasteiger partial charge in [0.2, 0.25) is 5.91 Å². The number of pyridine rings is 1. The summed E-state index contributed by atoms with van der Waals surface area (Å²) in [6.07, 6.45) is 7.51. The van der Waals surface area contributed by atoms with Crippen LogP contribution in [0.3, 0.4) is 0 Å². The number of likely N-dealkylation sites (N-methyl/N-ethyl adjacent to an activating group) is 1. The van der Waals surface area contributed by atoms with Crippen LogP contribution in [-0.4, -0.2) is 29.4 Å². The van der Waals surface area contributed by atoms with Gasteiger partial charge in [-0.1, -0.05) is 29.3 Å². The molecule has 5 heteroatoms. The number of halogens is 2. The lowest BCUT2D eigenvalue weighted by molar-refractivity contribution is -0.124. The van der Waals surface area contributed by atoms with Crippen molar-refractivity contribution in [1.82, 2.24) is 9.88 Å². The molecule has 0 saturated carbocycles. The van der Waals surface area contributed by atoms with Crippen molar-refractivity contribution in [1.29, 1.82) is 0 Å². The lowest BCUT2D eigenvalue weighted by atomic mass is 10.2. The molecule has 0 atom stereocenters. The average molecular weight is 335 g/mol. The summed E-state index contributed by atoms with van der Waals surface area (Å²) in [5.74, 6) is -0.0694. The van der Waals surface area contributed by atoms with Crippen LogP contribution in [0, 0.1) is 0 Å². The number of nitrogens with zero attached hydrogens (tertiary/aromatic N) is 2. The van der Waals surface area contributed by atoms with Gasteiger partial charge in [0.05, 0.1) is 0 Å². The van der Waals surface area contributed by atoms with E-state index in [1.807, 2.05) is 12.1 Å². The van der Waals surface area contributed by atoms with Gasteiger partial charge in [-0.2, -0.15) is 0 Å². The maximum atomic E-state index is 12.1. The van der Waals surface area contributed by atoms with E-state index in [0.717, 1.165) is 17.5 Å². The van der Waals surface area contributed by atoms with Crippen molar-refractivity contribution in [3.8, 4) is 0 Å². The molecule has 0 unspecified atom stereocenters. The number of rotatable bonds is 5. The largest absolute Gasteiger partial charge is 0.342 e. The first-order valence-corrected chi connectivity index (χ1v) is 7.59. The standard InChI is InChI=1S/C17H16Cl2N2O/c1-21(11-8-13-6-9-20-10-7-13)17(22)5-3-14-2-4-15(18)12-16(14)19/h2-7,9-10,12H,8,11H2,1H3/b5-3+. The highest BCUT2D eigenvalue weighted by Gasteiger charge is 2.05. The molecule has 114 valence electrons. The second kappa shape index (κ2) is 7.97. The summed E-state index contributed by atoms with van der Waals surface area (Å²) in [5.41, 5.74) is 1.92. The third kappa shape index (κ3) is 4.86. The van der Waals surface area contributed by atoms with Crippen LogP contribution in [0.1, 0.15) is 11.1 Å². The highest BCUT2D eigenvalue weighted by molar-refractivity contribution is 6.35. The molecular weight excluding hydrogens is 319 g/mol. The summed E-state index contributed by atoms with van der Waals surface area (Å²) >= 11 is 11.9. The first-order valence-electron chi connectivity index (χ1n) is 6.83. The van der Waals surface area contributed by atoms with E-state index in [9.17, 15) is 4.79 Å². The Bertz CT molecular complexity index is 672. The Morgan fingerprint density at radius 3 is 2.64 bits per heavy atom. The Morgan fingerprint density at radius 2 is 1.95 bits per heavy atom. The fourth-order valence-corrected chi connectivity index (χ4v) is 2.35. The summed E-state index contributed by atoms with van der Waals surface area (Å²) < 4.78 is 0. The Morgan fingerprint density at radius 1 is 1.23 bits per heavy atom. The summed E-state index contributed by atoms with van der Waals surface area (Å²) in [5, 5.41) is 1.10. The van der Waals surface area contributed by atoms with E-state index in [2.05, 4.69) is 4.98 Å². The number of hydrogen-bond acceptors (Lipinski definition) is 2. The molecule has 0 spiro atoms. The van der Waals surface area contributed by atoms with E-state index >= 15 is 0 Å². The quantitative estimate of drug-likeness (QED) is 0.771. The van der Waals surface area contributed by atoms with Gasteiger partial charge in [0.15, 0.2) is 0 Å². The van der Waals surface area contributed by atoms with Gasteiger partial charge in [-0.15, -0.1) is 0 Å². The maximum absolute atomic E-state index is 12.1. The van der Waals surface area contributed by atoms with Crippen molar-refractivity contribution >= 4 is 35.2 Å². The third-order valence-corrected chi connectivity index (χ3v) is 3.79. The van der Waals surface area contributed by atoms with Gasteiger partial charge in [0.25, 0.3) is 0 Å². The van der Waals surface area contributed by atoms with Crippen LogP contribution < -0.4 is 0 Å². The minimum atomic E-state index is -0.0694. The number of aromatic nitrogens is 1. The summed E-state index contributed by atoms with van der Waals surface area (Å²) in [7, 11) is 1.78. The fraction of sp³-hybridized carbons (Fsp3) is 0.176. The molecule has 1 heterocycles. The van der Waals surface area contributed by atoms with E-state index in [0.29, 0.717) is 16.6 Å². The van der Waals surface area contributed by atoms with Gasteiger partial charge in [0.1, 0.15) is 0 Å². The number of carbonyl (C=O) groups excluding carboxylic acids is 1. The Labute approximate surface area is 140 Å². The molecule has 1 amide bonds. The van der Waals surface area contributed by atoms with Gasteiger partial charge < -0.3 is 4.90 Å². The van der Waals surface area contributed by atoms with Gasteiger partial charge in [-0.25, -0.2) is 0 Å². The fourth-order valence-electron chi connectivity index (χ4n) is 1.88. The SMILES string of the molecule is CN(CCc1ccncc1)C(=O)/C=C/c1ccc(Cl)cc1Cl. The van der Waals surface area contributed by atoms with Gasteiger partial charge in [-0.3, -0.25) is 9.78 Å². The van der Waals surface area contributed by atoms with Crippen LogP contribution in [0.5, 0.6) is 0 Å². The van der Waals surface area contributed by atoms with Crippen molar-refractivity contribution < 1.29 is 4.79 Å². The maximum Gasteiger partial charge on any atom is 0.246 e. The lowest BCUT2D eigenvalue weighted by Crippen LogP contribution is -2.27. The topological polar surface area (TPSA) is 33.2 Å². The summed E-state index contributed by atoms with van der Waals surface area (Å²) in [6, 6.07) is 9.07. The minimum Gasteiger partial charge on any atom is -0.342 e. The van der Waals surface area contributed by atoms with Crippen LogP contribution in [0.15, 0.2) is 48.8 Å². The monoisotopic (exact) mass is 334 g/mol. The molecule has 3 nitrogen and oxygen atoms in total. The number of amides is 1. The molecule has 1 aromatic heterocycles. The van der Waals surface area contributed by atoms with E-state index in [1.165, 1.54) is 6.08 Å². The van der Waals surface area contributed by atoms with Crippen LogP contribution in [0.4, 0.5) is 0 Å². The zero-order valence-electron chi connectivity index (χ0n) is 12.2. The number of benzene rings is 1. The summed E-state index contributed by atoms with van der Waals surface area (Å²) in [6.45, 7) is 0.640. The van der Waals surface area contributed by atoms with Crippen molar-refractivity contribution in [3.05, 3.63) is 70.0 Å². The number of hydrogen-bond donors (Lipinski definition) is 0. The normalized spacial score (nSPS) is 10.9. The molecule has 2 rings (SSSR count). The molecular formula is C17H16Cl2N2O. The van der Waals surface area contributed by atoms with Gasteiger partial charge in [-0.05, 0) is 47.9 Å². The predicted molar refractivity (Wildman–Crippen MR) is 91.1 cm³/mol. The van der Waals surface area contributed by atoms with Crippen LogP contribution in [-0.2, 0) is 11.2 Å². The van der Waals surface area contributed by atoms with Crippen molar-refractivity contribution in [2.45, 2.75) is 6.42 Å². The minimum absolute atomic E-state index is 0.0694. The molecule has 0 aliphatic rings. The van der Waals surface area contributed by atoms with Crippen LogP contribution >= 0.6 is 23.2 Å². The zero-order valence-corrected chi connectivity index (χ0v) is 13.7. The highest BCUT2D eigenvalue weighted by atomic mass is 35.5. The zero-order chi connectivity index (χ0) is 15.9. The van der Waals surface area contributed by atoms with Gasteiger partial charge in [0, 0.05) is 42.1 Å². The Kier molecular flexibility index (Phi) is 5.99.